The zero-order valence-electron chi connectivity index (χ0n) is 10.4. The van der Waals surface area contributed by atoms with Crippen molar-refractivity contribution in [1.82, 2.24) is 0 Å². The Balaban J connectivity index is 3.07. The summed E-state index contributed by atoms with van der Waals surface area (Å²) in [6.07, 6.45) is 0. The lowest BCUT2D eigenvalue weighted by Crippen LogP contribution is -2.22. The lowest BCUT2D eigenvalue weighted by atomic mass is 10.3. The average Bonchev–Trinajstić information content (AvgIpc) is 2.40. The third kappa shape index (κ3) is 4.09. The summed E-state index contributed by atoms with van der Waals surface area (Å²) in [6, 6.07) is 5.59. The summed E-state index contributed by atoms with van der Waals surface area (Å²) in [5.41, 5.74) is 7.08. The van der Waals surface area contributed by atoms with Crippen molar-refractivity contribution in [3.8, 4) is 17.6 Å². The van der Waals surface area contributed by atoms with Gasteiger partial charge in [0.05, 0.1) is 7.11 Å². The molecule has 1 rings (SSSR count). The second kappa shape index (κ2) is 6.89. The van der Waals surface area contributed by atoms with Gasteiger partial charge >= 0.3 is 6.61 Å². The quantitative estimate of drug-likeness (QED) is 0.416. The highest BCUT2D eigenvalue weighted by atomic mass is 19.3. The zero-order chi connectivity index (χ0) is 15.1. The first-order valence-electron chi connectivity index (χ1n) is 5.19. The van der Waals surface area contributed by atoms with E-state index in [1.807, 2.05) is 0 Å². The van der Waals surface area contributed by atoms with Crippen LogP contribution in [0.15, 0.2) is 23.3 Å². The topological polar surface area (TPSA) is 117 Å². The second-order valence-corrected chi connectivity index (χ2v) is 3.34. The van der Waals surface area contributed by atoms with Crippen LogP contribution >= 0.6 is 0 Å². The number of anilines is 1. The van der Waals surface area contributed by atoms with Crippen LogP contribution in [-0.4, -0.2) is 25.3 Å². The zero-order valence-corrected chi connectivity index (χ0v) is 10.4. The summed E-state index contributed by atoms with van der Waals surface area (Å²) < 4.78 is 33.7. The highest BCUT2D eigenvalue weighted by Gasteiger charge is 2.11. The molecule has 0 fully saturated rings. The van der Waals surface area contributed by atoms with E-state index in [0.29, 0.717) is 5.75 Å². The SMILES string of the molecule is COc1ccc(OC(F)F)c(N/N=C(\C#N)C(=N)N)c1. The molecule has 0 atom stereocenters. The van der Waals surface area contributed by atoms with Crippen molar-refractivity contribution in [3.63, 3.8) is 0 Å². The molecule has 106 valence electrons. The molecule has 0 spiro atoms. The van der Waals surface area contributed by atoms with E-state index in [-0.39, 0.29) is 11.4 Å². The molecule has 0 amide bonds. The molecule has 0 heterocycles. The molecule has 9 heteroatoms. The van der Waals surface area contributed by atoms with Crippen LogP contribution in [0.5, 0.6) is 11.5 Å². The number of nitriles is 1. The van der Waals surface area contributed by atoms with Crippen LogP contribution in [0.2, 0.25) is 0 Å². The predicted octanol–water partition coefficient (Wildman–Crippen LogP) is 1.52. The Morgan fingerprint density at radius 2 is 2.25 bits per heavy atom. The molecular weight excluding hydrogens is 272 g/mol. The normalized spacial score (nSPS) is 10.8. The molecule has 0 aliphatic heterocycles. The largest absolute Gasteiger partial charge is 0.497 e. The molecule has 0 radical (unpaired) electrons. The summed E-state index contributed by atoms with van der Waals surface area (Å²) in [7, 11) is 1.40. The lowest BCUT2D eigenvalue weighted by Gasteiger charge is -2.11. The van der Waals surface area contributed by atoms with E-state index < -0.39 is 18.2 Å². The number of rotatable bonds is 6. The molecule has 0 bridgehead atoms. The molecule has 0 unspecified atom stereocenters. The molecule has 4 N–H and O–H groups in total. The van der Waals surface area contributed by atoms with Gasteiger partial charge in [-0.15, -0.1) is 0 Å². The molecule has 1 aromatic rings. The Kier molecular flexibility index (Phi) is 5.22. The number of benzene rings is 1. The fourth-order valence-electron chi connectivity index (χ4n) is 1.18. The number of hydrogen-bond acceptors (Lipinski definition) is 6. The lowest BCUT2D eigenvalue weighted by molar-refractivity contribution is -0.0493. The summed E-state index contributed by atoms with van der Waals surface area (Å²) in [6.45, 7) is -3.02. The molecule has 1 aromatic carbocycles. The van der Waals surface area contributed by atoms with Crippen LogP contribution in [0.25, 0.3) is 0 Å². The summed E-state index contributed by atoms with van der Waals surface area (Å²) in [4.78, 5) is 0. The van der Waals surface area contributed by atoms with Crippen LogP contribution in [0.3, 0.4) is 0 Å². The predicted molar refractivity (Wildman–Crippen MR) is 68.2 cm³/mol. The minimum Gasteiger partial charge on any atom is -0.497 e. The van der Waals surface area contributed by atoms with Crippen molar-refractivity contribution >= 4 is 17.2 Å². The van der Waals surface area contributed by atoms with E-state index in [2.05, 4.69) is 15.3 Å². The maximum absolute atomic E-state index is 12.3. The summed E-state index contributed by atoms with van der Waals surface area (Å²) in [5, 5.41) is 19.3. The molecule has 0 aliphatic carbocycles. The molecule has 0 saturated carbocycles. The first-order chi connectivity index (χ1) is 9.47. The molecule has 20 heavy (non-hydrogen) atoms. The van der Waals surface area contributed by atoms with E-state index in [4.69, 9.17) is 21.1 Å². The van der Waals surface area contributed by atoms with Gasteiger partial charge in [0.15, 0.2) is 11.6 Å². The van der Waals surface area contributed by atoms with E-state index in [0.717, 1.165) is 0 Å². The van der Waals surface area contributed by atoms with Crippen molar-refractivity contribution in [1.29, 1.82) is 10.7 Å². The minimum atomic E-state index is -3.02. The van der Waals surface area contributed by atoms with Gasteiger partial charge in [-0.25, -0.2) is 0 Å². The van der Waals surface area contributed by atoms with E-state index in [1.54, 1.807) is 6.07 Å². The first kappa shape index (κ1) is 15.2. The molecule has 0 saturated heterocycles. The van der Waals surface area contributed by atoms with Gasteiger partial charge in [-0.1, -0.05) is 0 Å². The third-order valence-electron chi connectivity index (χ3n) is 2.05. The summed E-state index contributed by atoms with van der Waals surface area (Å²) in [5.74, 6) is -0.379. The number of amidine groups is 1. The molecule has 0 aliphatic rings. The number of hydrogen-bond donors (Lipinski definition) is 3. The fourth-order valence-corrected chi connectivity index (χ4v) is 1.18. The number of hydrazone groups is 1. The van der Waals surface area contributed by atoms with Gasteiger partial charge < -0.3 is 15.2 Å². The van der Waals surface area contributed by atoms with Crippen LogP contribution in [0, 0.1) is 16.7 Å². The van der Waals surface area contributed by atoms with E-state index in [9.17, 15) is 8.78 Å². The number of nitrogens with zero attached hydrogens (tertiary/aromatic N) is 2. The standard InChI is InChI=1S/C11H11F2N5O2/c1-19-6-2-3-9(20-11(12)13)7(4-6)17-18-8(5-14)10(15)16/h2-4,11,17H,1H3,(H3,15,16)/b18-8+. The van der Waals surface area contributed by atoms with Crippen molar-refractivity contribution in [2.75, 3.05) is 12.5 Å². The van der Waals surface area contributed by atoms with E-state index >= 15 is 0 Å². The Hall–Kier alpha value is -2.89. The van der Waals surface area contributed by atoms with Gasteiger partial charge in [0.1, 0.15) is 17.5 Å². The highest BCUT2D eigenvalue weighted by molar-refractivity contribution is 6.45. The molecule has 0 aromatic heterocycles. The Bertz CT molecular complexity index is 568. The van der Waals surface area contributed by atoms with Crippen LogP contribution in [0.1, 0.15) is 0 Å². The van der Waals surface area contributed by atoms with Crippen molar-refractivity contribution < 1.29 is 18.3 Å². The fraction of sp³-hybridized carbons (Fsp3) is 0.182. The average molecular weight is 283 g/mol. The first-order valence-corrected chi connectivity index (χ1v) is 5.19. The van der Waals surface area contributed by atoms with Gasteiger partial charge in [0, 0.05) is 6.07 Å². The summed E-state index contributed by atoms with van der Waals surface area (Å²) >= 11 is 0. The Morgan fingerprint density at radius 1 is 1.55 bits per heavy atom. The number of halogens is 2. The smallest absolute Gasteiger partial charge is 0.387 e. The van der Waals surface area contributed by atoms with Gasteiger partial charge in [0.2, 0.25) is 5.71 Å². The Labute approximate surface area is 113 Å². The van der Waals surface area contributed by atoms with Crippen molar-refractivity contribution in [2.45, 2.75) is 6.61 Å². The number of alkyl halides is 2. The second-order valence-electron chi connectivity index (χ2n) is 3.34. The van der Waals surface area contributed by atoms with Crippen LogP contribution < -0.4 is 20.6 Å². The molecular formula is C11H11F2N5O2. The van der Waals surface area contributed by atoms with Gasteiger partial charge in [-0.05, 0) is 12.1 Å². The maximum atomic E-state index is 12.3. The van der Waals surface area contributed by atoms with E-state index in [1.165, 1.54) is 25.3 Å². The monoisotopic (exact) mass is 283 g/mol. The van der Waals surface area contributed by atoms with Gasteiger partial charge in [-0.3, -0.25) is 10.8 Å². The Morgan fingerprint density at radius 3 is 2.75 bits per heavy atom. The number of nitrogens with one attached hydrogen (secondary N) is 2. The number of methoxy groups -OCH3 is 1. The highest BCUT2D eigenvalue weighted by Crippen LogP contribution is 2.30. The number of nitrogens with two attached hydrogens (primary N) is 1. The van der Waals surface area contributed by atoms with Gasteiger partial charge in [0.25, 0.3) is 0 Å². The minimum absolute atomic E-state index is 0.0404. The van der Waals surface area contributed by atoms with Crippen molar-refractivity contribution in [3.05, 3.63) is 18.2 Å². The van der Waals surface area contributed by atoms with Crippen molar-refractivity contribution in [2.24, 2.45) is 10.8 Å². The number of ether oxygens (including phenoxy) is 2. The maximum Gasteiger partial charge on any atom is 0.387 e. The van der Waals surface area contributed by atoms with Crippen LogP contribution in [0.4, 0.5) is 14.5 Å². The van der Waals surface area contributed by atoms with Gasteiger partial charge in [-0.2, -0.15) is 19.1 Å². The molecule has 7 nitrogen and oxygen atoms in total. The third-order valence-corrected chi connectivity index (χ3v) is 2.05. The van der Waals surface area contributed by atoms with Crippen LogP contribution in [-0.2, 0) is 0 Å².